The Morgan fingerprint density at radius 3 is 2.59 bits per heavy atom. The molecule has 1 N–H and O–H groups in total. The van der Waals surface area contributed by atoms with Crippen LogP contribution in [0.5, 0.6) is 0 Å². The monoisotopic (exact) mass is 365 g/mol. The van der Waals surface area contributed by atoms with Crippen molar-refractivity contribution in [1.29, 1.82) is 0 Å². The standard InChI is InChI=1S/C22H23NO4/c1-3-14(2)21(15-7-5-4-6-8-15)22(26)27-13-19(24)16-9-10-18-17(11-16)12-20(25)23-18/h4-11,14,21H,3,12-13H2,1-2H3,(H,23,25)/t14-,21+/m1/s1. The number of amides is 1. The van der Waals surface area contributed by atoms with Crippen LogP contribution in [0.1, 0.15) is 47.7 Å². The molecule has 5 heteroatoms. The summed E-state index contributed by atoms with van der Waals surface area (Å²) in [6.45, 7) is 3.73. The van der Waals surface area contributed by atoms with E-state index < -0.39 is 5.92 Å². The number of esters is 1. The number of ether oxygens (including phenoxy) is 1. The van der Waals surface area contributed by atoms with Gasteiger partial charge < -0.3 is 10.1 Å². The second kappa shape index (κ2) is 8.16. The first-order valence-electron chi connectivity index (χ1n) is 9.17. The fourth-order valence-corrected chi connectivity index (χ4v) is 3.31. The minimum absolute atomic E-state index is 0.0831. The van der Waals surface area contributed by atoms with E-state index in [4.69, 9.17) is 4.74 Å². The van der Waals surface area contributed by atoms with E-state index in [-0.39, 0.29) is 36.6 Å². The molecular formula is C22H23NO4. The molecule has 0 spiro atoms. The minimum Gasteiger partial charge on any atom is -0.457 e. The number of ketones is 1. The Hall–Kier alpha value is -2.95. The molecule has 140 valence electrons. The first-order chi connectivity index (χ1) is 13.0. The number of hydrogen-bond donors (Lipinski definition) is 1. The SMILES string of the molecule is CC[C@@H](C)[C@H](C(=O)OCC(=O)c1ccc2c(c1)CC(=O)N2)c1ccccc1. The van der Waals surface area contributed by atoms with Gasteiger partial charge in [0.25, 0.3) is 0 Å². The van der Waals surface area contributed by atoms with Gasteiger partial charge in [-0.15, -0.1) is 0 Å². The Balaban J connectivity index is 1.68. The molecule has 0 saturated carbocycles. The van der Waals surface area contributed by atoms with Crippen molar-refractivity contribution in [3.63, 3.8) is 0 Å². The maximum atomic E-state index is 12.7. The van der Waals surface area contributed by atoms with Gasteiger partial charge in [-0.2, -0.15) is 0 Å². The van der Waals surface area contributed by atoms with Crippen LogP contribution in [0, 0.1) is 5.92 Å². The second-order valence-electron chi connectivity index (χ2n) is 6.90. The average Bonchev–Trinajstić information content (AvgIpc) is 3.06. The number of Topliss-reactive ketones (excluding diaryl/α,β-unsaturated/α-hetero) is 1. The molecule has 0 aliphatic carbocycles. The van der Waals surface area contributed by atoms with Crippen molar-refractivity contribution < 1.29 is 19.1 Å². The molecule has 0 saturated heterocycles. The highest BCUT2D eigenvalue weighted by atomic mass is 16.5. The summed E-state index contributed by atoms with van der Waals surface area (Å²) in [6, 6.07) is 14.5. The zero-order valence-corrected chi connectivity index (χ0v) is 15.5. The van der Waals surface area contributed by atoms with Gasteiger partial charge in [-0.05, 0) is 35.2 Å². The van der Waals surface area contributed by atoms with Crippen LogP contribution in [0.15, 0.2) is 48.5 Å². The molecule has 3 rings (SSSR count). The Labute approximate surface area is 158 Å². The van der Waals surface area contributed by atoms with E-state index in [2.05, 4.69) is 5.32 Å². The molecule has 27 heavy (non-hydrogen) atoms. The summed E-state index contributed by atoms with van der Waals surface area (Å²) in [5.74, 6) is -1.04. The van der Waals surface area contributed by atoms with E-state index in [1.807, 2.05) is 44.2 Å². The van der Waals surface area contributed by atoms with Gasteiger partial charge in [0.1, 0.15) is 0 Å². The Kier molecular flexibility index (Phi) is 5.69. The summed E-state index contributed by atoms with van der Waals surface area (Å²) in [5.41, 5.74) is 2.86. The molecule has 1 amide bonds. The number of nitrogens with one attached hydrogen (secondary N) is 1. The van der Waals surface area contributed by atoms with Gasteiger partial charge in [0, 0.05) is 11.3 Å². The van der Waals surface area contributed by atoms with Gasteiger partial charge in [0.15, 0.2) is 12.4 Å². The van der Waals surface area contributed by atoms with E-state index in [1.54, 1.807) is 18.2 Å². The van der Waals surface area contributed by atoms with Crippen molar-refractivity contribution in [3.8, 4) is 0 Å². The number of benzene rings is 2. The number of anilines is 1. The van der Waals surface area contributed by atoms with Gasteiger partial charge in [-0.25, -0.2) is 0 Å². The maximum absolute atomic E-state index is 12.7. The van der Waals surface area contributed by atoms with Crippen LogP contribution >= 0.6 is 0 Å². The van der Waals surface area contributed by atoms with Crippen LogP contribution in [0.25, 0.3) is 0 Å². The number of rotatable bonds is 7. The van der Waals surface area contributed by atoms with E-state index in [9.17, 15) is 14.4 Å². The lowest BCUT2D eigenvalue weighted by Crippen LogP contribution is -2.24. The van der Waals surface area contributed by atoms with Crippen LogP contribution in [-0.4, -0.2) is 24.3 Å². The molecule has 2 aromatic rings. The predicted molar refractivity (Wildman–Crippen MR) is 103 cm³/mol. The lowest BCUT2D eigenvalue weighted by Gasteiger charge is -2.21. The fraction of sp³-hybridized carbons (Fsp3) is 0.318. The molecule has 1 heterocycles. The molecule has 0 fully saturated rings. The van der Waals surface area contributed by atoms with Crippen molar-refractivity contribution in [2.45, 2.75) is 32.6 Å². The van der Waals surface area contributed by atoms with Gasteiger partial charge in [-0.3, -0.25) is 14.4 Å². The molecule has 2 atom stereocenters. The third-order valence-corrected chi connectivity index (χ3v) is 5.02. The van der Waals surface area contributed by atoms with Crippen molar-refractivity contribution in [2.24, 2.45) is 5.92 Å². The van der Waals surface area contributed by atoms with Crippen LogP contribution in [0.2, 0.25) is 0 Å². The molecule has 5 nitrogen and oxygen atoms in total. The fourth-order valence-electron chi connectivity index (χ4n) is 3.31. The number of carbonyl (C=O) groups is 3. The summed E-state index contributed by atoms with van der Waals surface area (Å²) >= 11 is 0. The van der Waals surface area contributed by atoms with Crippen LogP contribution in [0.3, 0.4) is 0 Å². The average molecular weight is 365 g/mol. The number of hydrogen-bond acceptors (Lipinski definition) is 4. The largest absolute Gasteiger partial charge is 0.457 e. The lowest BCUT2D eigenvalue weighted by molar-refractivity contribution is -0.145. The Bertz CT molecular complexity index is 860. The van der Waals surface area contributed by atoms with E-state index >= 15 is 0 Å². The number of carbonyl (C=O) groups excluding carboxylic acids is 3. The Morgan fingerprint density at radius 2 is 1.89 bits per heavy atom. The topological polar surface area (TPSA) is 72.5 Å². The van der Waals surface area contributed by atoms with E-state index in [1.165, 1.54) is 0 Å². The third kappa shape index (κ3) is 4.25. The quantitative estimate of drug-likeness (QED) is 0.599. The summed E-state index contributed by atoms with van der Waals surface area (Å²) in [7, 11) is 0. The van der Waals surface area contributed by atoms with Gasteiger partial charge in [-0.1, -0.05) is 50.6 Å². The van der Waals surface area contributed by atoms with E-state index in [0.717, 1.165) is 23.2 Å². The molecule has 2 aromatic carbocycles. The van der Waals surface area contributed by atoms with Crippen LogP contribution in [0.4, 0.5) is 5.69 Å². The zero-order chi connectivity index (χ0) is 19.4. The Morgan fingerprint density at radius 1 is 1.15 bits per heavy atom. The maximum Gasteiger partial charge on any atom is 0.314 e. The molecule has 0 aromatic heterocycles. The zero-order valence-electron chi connectivity index (χ0n) is 15.5. The predicted octanol–water partition coefficient (Wildman–Crippen LogP) is 3.74. The molecular weight excluding hydrogens is 342 g/mol. The lowest BCUT2D eigenvalue weighted by atomic mass is 9.85. The molecule has 0 radical (unpaired) electrons. The van der Waals surface area contributed by atoms with Crippen LogP contribution in [-0.2, 0) is 20.7 Å². The molecule has 1 aliphatic heterocycles. The highest BCUT2D eigenvalue weighted by Gasteiger charge is 2.28. The van der Waals surface area contributed by atoms with Gasteiger partial charge in [0.05, 0.1) is 12.3 Å². The first kappa shape index (κ1) is 18.8. The van der Waals surface area contributed by atoms with Crippen molar-refractivity contribution in [2.75, 3.05) is 11.9 Å². The third-order valence-electron chi connectivity index (χ3n) is 5.02. The van der Waals surface area contributed by atoms with Crippen molar-refractivity contribution in [3.05, 3.63) is 65.2 Å². The summed E-state index contributed by atoms with van der Waals surface area (Å²) < 4.78 is 5.37. The van der Waals surface area contributed by atoms with Gasteiger partial charge in [0.2, 0.25) is 5.91 Å². The summed E-state index contributed by atoms with van der Waals surface area (Å²) in [4.78, 5) is 36.6. The number of fused-ring (bicyclic) bond motifs is 1. The summed E-state index contributed by atoms with van der Waals surface area (Å²) in [5, 5.41) is 2.73. The normalized spacial score (nSPS) is 14.8. The molecule has 0 bridgehead atoms. The van der Waals surface area contributed by atoms with Crippen molar-refractivity contribution in [1.82, 2.24) is 0 Å². The summed E-state index contributed by atoms with van der Waals surface area (Å²) in [6.07, 6.45) is 1.09. The molecule has 1 aliphatic rings. The van der Waals surface area contributed by atoms with Gasteiger partial charge >= 0.3 is 5.97 Å². The van der Waals surface area contributed by atoms with E-state index in [0.29, 0.717) is 5.56 Å². The highest BCUT2D eigenvalue weighted by Crippen LogP contribution is 2.28. The van der Waals surface area contributed by atoms with Crippen molar-refractivity contribution >= 4 is 23.3 Å². The van der Waals surface area contributed by atoms with Crippen LogP contribution < -0.4 is 5.32 Å². The minimum atomic E-state index is -0.397. The smallest absolute Gasteiger partial charge is 0.314 e. The molecule has 0 unspecified atom stereocenters. The first-order valence-corrected chi connectivity index (χ1v) is 9.17. The second-order valence-corrected chi connectivity index (χ2v) is 6.90. The highest BCUT2D eigenvalue weighted by molar-refractivity contribution is 6.03.